The summed E-state index contributed by atoms with van der Waals surface area (Å²) in [5.41, 5.74) is 2.98. The summed E-state index contributed by atoms with van der Waals surface area (Å²) in [6.07, 6.45) is 3.22. The van der Waals surface area contributed by atoms with Crippen LogP contribution in [0.15, 0.2) is 48.0 Å². The molecule has 2 aromatic heterocycles. The molecule has 1 unspecified atom stereocenters. The molecule has 0 bridgehead atoms. The molecule has 1 N–H and O–H groups in total. The molecule has 0 amide bonds. The van der Waals surface area contributed by atoms with Crippen molar-refractivity contribution in [2.45, 2.75) is 10.9 Å². The molecule has 102 valence electrons. The van der Waals surface area contributed by atoms with Crippen molar-refractivity contribution in [2.75, 3.05) is 11.1 Å². The molecule has 4 nitrogen and oxygen atoms in total. The van der Waals surface area contributed by atoms with Crippen LogP contribution in [0.3, 0.4) is 0 Å². The third-order valence-corrected chi connectivity index (χ3v) is 5.00. The molecule has 0 aliphatic heterocycles. The molecule has 1 atom stereocenters. The number of thioether (sulfide) groups is 1. The predicted octanol–water partition coefficient (Wildman–Crippen LogP) is 3.62. The Bertz CT molecular complexity index is 686. The highest BCUT2D eigenvalue weighted by molar-refractivity contribution is 9.09. The number of nitrogens with zero attached hydrogens (tertiary/aromatic N) is 3. The quantitative estimate of drug-likeness (QED) is 0.434. The van der Waals surface area contributed by atoms with Crippen molar-refractivity contribution in [3.05, 3.63) is 48.5 Å². The number of nitrogens with one attached hydrogen (secondary N) is 1. The number of halogens is 1. The molecule has 0 radical (unpaired) electrons. The van der Waals surface area contributed by atoms with Crippen LogP contribution in [0.5, 0.6) is 0 Å². The third-order valence-electron chi connectivity index (χ3n) is 3.07. The van der Waals surface area contributed by atoms with E-state index in [0.717, 1.165) is 27.3 Å². The molecule has 0 saturated heterocycles. The van der Waals surface area contributed by atoms with Gasteiger partial charge >= 0.3 is 0 Å². The first kappa shape index (κ1) is 13.6. The second kappa shape index (κ2) is 6.37. The Balaban J connectivity index is 1.77. The Morgan fingerprint density at radius 3 is 2.80 bits per heavy atom. The van der Waals surface area contributed by atoms with Gasteiger partial charge in [-0.2, -0.15) is 0 Å². The number of alkyl halides is 1. The standard InChI is InChI=1S/C14H13BrN4S/c15-6-11(10-4-2-1-3-5-10)7-20-14-12-13(17-8-16-12)18-9-19-14/h1-5,8-9,11H,6-7H2,(H,16,17,18,19). The predicted molar refractivity (Wildman–Crippen MR) is 85.4 cm³/mol. The molecule has 0 spiro atoms. The van der Waals surface area contributed by atoms with E-state index in [9.17, 15) is 0 Å². The van der Waals surface area contributed by atoms with Gasteiger partial charge in [0.05, 0.1) is 6.33 Å². The van der Waals surface area contributed by atoms with Crippen LogP contribution in [0.2, 0.25) is 0 Å². The molecule has 3 aromatic rings. The molecule has 0 fully saturated rings. The first-order valence-electron chi connectivity index (χ1n) is 6.26. The van der Waals surface area contributed by atoms with Crippen molar-refractivity contribution in [1.82, 2.24) is 19.9 Å². The van der Waals surface area contributed by atoms with Gasteiger partial charge in [-0.15, -0.1) is 11.8 Å². The van der Waals surface area contributed by atoms with E-state index in [1.54, 1.807) is 24.4 Å². The molecule has 0 aliphatic carbocycles. The summed E-state index contributed by atoms with van der Waals surface area (Å²) in [7, 11) is 0. The molecule has 0 aliphatic rings. The average molecular weight is 349 g/mol. The summed E-state index contributed by atoms with van der Waals surface area (Å²) >= 11 is 5.33. The van der Waals surface area contributed by atoms with Crippen LogP contribution in [-0.4, -0.2) is 31.0 Å². The Labute approximate surface area is 129 Å². The molecular formula is C14H13BrN4S. The van der Waals surface area contributed by atoms with E-state index < -0.39 is 0 Å². The summed E-state index contributed by atoms with van der Waals surface area (Å²) in [6.45, 7) is 0. The maximum Gasteiger partial charge on any atom is 0.181 e. The van der Waals surface area contributed by atoms with Crippen molar-refractivity contribution in [3.63, 3.8) is 0 Å². The zero-order chi connectivity index (χ0) is 13.8. The SMILES string of the molecule is BrCC(CSc1ncnc2nc[nH]c12)c1ccccc1. The molecule has 6 heteroatoms. The summed E-state index contributed by atoms with van der Waals surface area (Å²) in [4.78, 5) is 15.7. The number of aromatic amines is 1. The number of rotatable bonds is 5. The lowest BCUT2D eigenvalue weighted by Crippen LogP contribution is -2.03. The van der Waals surface area contributed by atoms with E-state index in [4.69, 9.17) is 0 Å². The van der Waals surface area contributed by atoms with Crippen LogP contribution >= 0.6 is 27.7 Å². The molecule has 0 saturated carbocycles. The Kier molecular flexibility index (Phi) is 4.32. The van der Waals surface area contributed by atoms with Gasteiger partial charge in [-0.1, -0.05) is 46.3 Å². The van der Waals surface area contributed by atoms with Crippen molar-refractivity contribution in [2.24, 2.45) is 0 Å². The third kappa shape index (κ3) is 2.86. The van der Waals surface area contributed by atoms with Crippen LogP contribution in [0, 0.1) is 0 Å². The Morgan fingerprint density at radius 2 is 2.00 bits per heavy atom. The van der Waals surface area contributed by atoms with E-state index in [0.29, 0.717) is 5.92 Å². The minimum absolute atomic E-state index is 0.453. The lowest BCUT2D eigenvalue weighted by Gasteiger charge is -2.13. The van der Waals surface area contributed by atoms with E-state index in [-0.39, 0.29) is 0 Å². The molecule has 20 heavy (non-hydrogen) atoms. The zero-order valence-corrected chi connectivity index (χ0v) is 13.1. The van der Waals surface area contributed by atoms with Crippen LogP contribution in [0.1, 0.15) is 11.5 Å². The minimum Gasteiger partial charge on any atom is -0.341 e. The number of H-pyrrole nitrogens is 1. The summed E-state index contributed by atoms with van der Waals surface area (Å²) in [5.74, 6) is 1.41. The number of benzene rings is 1. The van der Waals surface area contributed by atoms with Gasteiger partial charge in [0.1, 0.15) is 16.9 Å². The number of hydrogen-bond acceptors (Lipinski definition) is 4. The molecule has 3 rings (SSSR count). The van der Waals surface area contributed by atoms with Gasteiger partial charge in [-0.3, -0.25) is 0 Å². The van der Waals surface area contributed by atoms with Gasteiger partial charge in [0, 0.05) is 17.0 Å². The molecule has 1 aromatic carbocycles. The van der Waals surface area contributed by atoms with E-state index in [1.807, 2.05) is 6.07 Å². The Morgan fingerprint density at radius 1 is 1.15 bits per heavy atom. The second-order valence-corrected chi connectivity index (χ2v) is 6.01. The summed E-state index contributed by atoms with van der Waals surface area (Å²) < 4.78 is 0. The minimum atomic E-state index is 0.453. The van der Waals surface area contributed by atoms with E-state index in [2.05, 4.69) is 60.1 Å². The van der Waals surface area contributed by atoms with Gasteiger partial charge in [0.2, 0.25) is 0 Å². The van der Waals surface area contributed by atoms with Gasteiger partial charge in [-0.05, 0) is 5.56 Å². The highest BCUT2D eigenvalue weighted by atomic mass is 79.9. The highest BCUT2D eigenvalue weighted by Gasteiger charge is 2.13. The highest BCUT2D eigenvalue weighted by Crippen LogP contribution is 2.29. The normalized spacial score (nSPS) is 12.7. The fourth-order valence-corrected chi connectivity index (χ4v) is 3.98. The first-order valence-corrected chi connectivity index (χ1v) is 8.37. The lowest BCUT2D eigenvalue weighted by atomic mass is 10.0. The lowest BCUT2D eigenvalue weighted by molar-refractivity contribution is 0.900. The fraction of sp³-hybridized carbons (Fsp3) is 0.214. The van der Waals surface area contributed by atoms with Gasteiger partial charge in [0.25, 0.3) is 0 Å². The number of aromatic nitrogens is 4. The Hall–Kier alpha value is -1.40. The zero-order valence-electron chi connectivity index (χ0n) is 10.7. The average Bonchev–Trinajstić information content (AvgIpc) is 2.98. The van der Waals surface area contributed by atoms with E-state index >= 15 is 0 Å². The smallest absolute Gasteiger partial charge is 0.181 e. The van der Waals surface area contributed by atoms with Gasteiger partial charge in [0.15, 0.2) is 5.65 Å². The molecular weight excluding hydrogens is 336 g/mol. The second-order valence-electron chi connectivity index (χ2n) is 4.35. The van der Waals surface area contributed by atoms with Crippen molar-refractivity contribution in [3.8, 4) is 0 Å². The maximum absolute atomic E-state index is 4.34. The largest absolute Gasteiger partial charge is 0.341 e. The van der Waals surface area contributed by atoms with Gasteiger partial charge < -0.3 is 4.98 Å². The van der Waals surface area contributed by atoms with Gasteiger partial charge in [-0.25, -0.2) is 15.0 Å². The summed E-state index contributed by atoms with van der Waals surface area (Å²) in [5, 5.41) is 1.88. The van der Waals surface area contributed by atoms with Crippen LogP contribution in [0.25, 0.3) is 11.2 Å². The summed E-state index contributed by atoms with van der Waals surface area (Å²) in [6, 6.07) is 10.5. The number of fused-ring (bicyclic) bond motifs is 1. The molecule has 2 heterocycles. The topological polar surface area (TPSA) is 54.5 Å². The van der Waals surface area contributed by atoms with E-state index in [1.165, 1.54) is 5.56 Å². The monoisotopic (exact) mass is 348 g/mol. The maximum atomic E-state index is 4.34. The van der Waals surface area contributed by atoms with Crippen LogP contribution in [-0.2, 0) is 0 Å². The van der Waals surface area contributed by atoms with Crippen LogP contribution in [0.4, 0.5) is 0 Å². The number of hydrogen-bond donors (Lipinski definition) is 1. The number of imidazole rings is 1. The first-order chi connectivity index (χ1) is 9.88. The van der Waals surface area contributed by atoms with Crippen molar-refractivity contribution in [1.29, 1.82) is 0 Å². The van der Waals surface area contributed by atoms with Crippen molar-refractivity contribution < 1.29 is 0 Å². The fourth-order valence-electron chi connectivity index (χ4n) is 1.99. The van der Waals surface area contributed by atoms with Crippen LogP contribution < -0.4 is 0 Å². The van der Waals surface area contributed by atoms with Crippen molar-refractivity contribution >= 4 is 38.9 Å².